The molecule has 134 valence electrons. The van der Waals surface area contributed by atoms with Gasteiger partial charge < -0.3 is 25.3 Å². The lowest BCUT2D eigenvalue weighted by atomic mass is 10.1. The van der Waals surface area contributed by atoms with Crippen LogP contribution in [0.1, 0.15) is 12.5 Å². The monoisotopic (exact) mass is 351 g/mol. The van der Waals surface area contributed by atoms with Crippen LogP contribution >= 0.6 is 0 Å². The van der Waals surface area contributed by atoms with Gasteiger partial charge in [-0.25, -0.2) is 0 Å². The Kier molecular flexibility index (Phi) is 4.00. The third-order valence-electron chi connectivity index (χ3n) is 4.92. The fraction of sp³-hybridized carbons (Fsp3) is 0.263. The Morgan fingerprint density at radius 3 is 2.50 bits per heavy atom. The van der Waals surface area contributed by atoms with Crippen molar-refractivity contribution in [3.8, 4) is 0 Å². The van der Waals surface area contributed by atoms with Gasteiger partial charge in [0.25, 0.3) is 0 Å². The van der Waals surface area contributed by atoms with Gasteiger partial charge in [0.05, 0.1) is 5.56 Å². The number of rotatable bonds is 1. The number of para-hydroxylation sites is 2. The van der Waals surface area contributed by atoms with Crippen LogP contribution in [0.25, 0.3) is 0 Å². The summed E-state index contributed by atoms with van der Waals surface area (Å²) in [7, 11) is 0. The van der Waals surface area contributed by atoms with Crippen LogP contribution in [0.5, 0.6) is 0 Å². The molecule has 1 fully saturated rings. The number of carbonyl (C=O) groups excluding carboxylic acids is 1. The van der Waals surface area contributed by atoms with Gasteiger partial charge in [-0.05, 0) is 24.3 Å². The Bertz CT molecular complexity index is 888. The number of amides is 1. The van der Waals surface area contributed by atoms with E-state index in [1.165, 1.54) is 6.21 Å². The fourth-order valence-corrected chi connectivity index (χ4v) is 3.44. The first-order valence-electron chi connectivity index (χ1n) is 8.56. The first kappa shape index (κ1) is 16.4. The number of benzene rings is 2. The minimum Gasteiger partial charge on any atom is -0.754 e. The second-order valence-electron chi connectivity index (χ2n) is 6.47. The predicted octanol–water partition coefficient (Wildman–Crippen LogP) is 2.57. The van der Waals surface area contributed by atoms with Crippen molar-refractivity contribution in [1.29, 1.82) is 0 Å². The van der Waals surface area contributed by atoms with Crippen LogP contribution in [-0.2, 0) is 4.79 Å². The van der Waals surface area contributed by atoms with Crippen LogP contribution in [0.4, 0.5) is 22.7 Å². The van der Waals surface area contributed by atoms with Gasteiger partial charge in [-0.15, -0.1) is 0 Å². The Hall–Kier alpha value is -3.06. The van der Waals surface area contributed by atoms with Gasteiger partial charge in [-0.2, -0.15) is 4.74 Å². The third kappa shape index (κ3) is 2.76. The molecule has 7 heteroatoms. The average molecular weight is 351 g/mol. The number of fused-ring (bicyclic) bond motifs is 2. The Balaban J connectivity index is 1.68. The molecule has 2 aliphatic rings. The van der Waals surface area contributed by atoms with Crippen molar-refractivity contribution in [3.05, 3.63) is 58.4 Å². The molecule has 0 aliphatic carbocycles. The van der Waals surface area contributed by atoms with Crippen LogP contribution in [0, 0.1) is 10.4 Å². The molecule has 0 bridgehead atoms. The van der Waals surface area contributed by atoms with Crippen molar-refractivity contribution in [2.24, 2.45) is 0 Å². The largest absolute Gasteiger partial charge is 0.754 e. The van der Waals surface area contributed by atoms with Crippen molar-refractivity contribution >= 4 is 34.9 Å². The standard InChI is InChI=1S/C19H19N4O3/c1-14(24)20-8-10-21(11-9-20)16-7-6-15-13-22(25)17-4-2-3-5-18(17)23(26)19(15)12-16/h2-7,12-13H,8-11H2,1H3/q-1. The lowest BCUT2D eigenvalue weighted by molar-refractivity contribution is -0.353. The summed E-state index contributed by atoms with van der Waals surface area (Å²) < 4.78 is 0.734. The summed E-state index contributed by atoms with van der Waals surface area (Å²) in [5, 5.41) is 26.1. The van der Waals surface area contributed by atoms with Crippen LogP contribution in [0.15, 0.2) is 42.5 Å². The molecule has 0 radical (unpaired) electrons. The van der Waals surface area contributed by atoms with E-state index in [-0.39, 0.29) is 5.91 Å². The molecule has 2 aliphatic heterocycles. The van der Waals surface area contributed by atoms with Crippen LogP contribution in [0.2, 0.25) is 0 Å². The number of nitrogens with zero attached hydrogens (tertiary/aromatic N) is 4. The van der Waals surface area contributed by atoms with E-state index in [1.54, 1.807) is 37.3 Å². The predicted molar refractivity (Wildman–Crippen MR) is 101 cm³/mol. The van der Waals surface area contributed by atoms with Crippen molar-refractivity contribution < 1.29 is 9.53 Å². The first-order valence-corrected chi connectivity index (χ1v) is 8.56. The molecular weight excluding hydrogens is 332 g/mol. The van der Waals surface area contributed by atoms with E-state index in [1.807, 2.05) is 17.0 Å². The minimum atomic E-state index is 0.0825. The van der Waals surface area contributed by atoms with Gasteiger partial charge >= 0.3 is 0 Å². The van der Waals surface area contributed by atoms with Gasteiger partial charge in [-0.1, -0.05) is 12.1 Å². The maximum Gasteiger partial charge on any atom is 0.239 e. The minimum absolute atomic E-state index is 0.0825. The molecule has 0 aromatic heterocycles. The zero-order chi connectivity index (χ0) is 18.3. The van der Waals surface area contributed by atoms with Gasteiger partial charge in [0.2, 0.25) is 11.6 Å². The molecule has 0 saturated carbocycles. The quantitative estimate of drug-likeness (QED) is 0.583. The van der Waals surface area contributed by atoms with Gasteiger partial charge in [0, 0.05) is 50.5 Å². The third-order valence-corrected chi connectivity index (χ3v) is 4.92. The number of hydrogen-bond donors (Lipinski definition) is 0. The highest BCUT2D eigenvalue weighted by Gasteiger charge is 2.22. The molecule has 0 N–H and O–H groups in total. The zero-order valence-electron chi connectivity index (χ0n) is 14.5. The number of anilines is 3. The molecule has 7 nitrogen and oxygen atoms in total. The lowest BCUT2D eigenvalue weighted by Gasteiger charge is -2.37. The molecule has 1 amide bonds. The Morgan fingerprint density at radius 1 is 1.04 bits per heavy atom. The Labute approximate surface area is 151 Å². The summed E-state index contributed by atoms with van der Waals surface area (Å²) in [6.07, 6.45) is 1.43. The van der Waals surface area contributed by atoms with E-state index in [0.29, 0.717) is 48.8 Å². The van der Waals surface area contributed by atoms with E-state index < -0.39 is 0 Å². The molecule has 0 spiro atoms. The van der Waals surface area contributed by atoms with Gasteiger partial charge in [0.1, 0.15) is 5.69 Å². The molecule has 2 aromatic carbocycles. The number of carbonyl (C=O) groups is 1. The maximum absolute atomic E-state index is 12.9. The normalized spacial score (nSPS) is 16.5. The zero-order valence-corrected chi connectivity index (χ0v) is 14.5. The second kappa shape index (κ2) is 6.34. The van der Waals surface area contributed by atoms with Crippen molar-refractivity contribution in [2.75, 3.05) is 36.1 Å². The highest BCUT2D eigenvalue weighted by atomic mass is 16.5. The summed E-state index contributed by atoms with van der Waals surface area (Å²) in [5.74, 6) is 0.0825. The maximum atomic E-state index is 12.9. The Morgan fingerprint density at radius 2 is 1.77 bits per heavy atom. The van der Waals surface area contributed by atoms with E-state index in [2.05, 4.69) is 4.90 Å². The lowest BCUT2D eigenvalue weighted by Crippen LogP contribution is -2.48. The van der Waals surface area contributed by atoms with E-state index >= 15 is 0 Å². The van der Waals surface area contributed by atoms with Gasteiger partial charge in [0.15, 0.2) is 6.21 Å². The molecule has 0 atom stereocenters. The molecule has 26 heavy (non-hydrogen) atoms. The first-order chi connectivity index (χ1) is 12.5. The highest BCUT2D eigenvalue weighted by Crippen LogP contribution is 2.38. The summed E-state index contributed by atoms with van der Waals surface area (Å²) >= 11 is 0. The summed E-state index contributed by atoms with van der Waals surface area (Å²) in [5.41, 5.74) is 2.60. The topological polar surface area (TPSA) is 75.9 Å². The van der Waals surface area contributed by atoms with Crippen LogP contribution in [0.3, 0.4) is 0 Å². The van der Waals surface area contributed by atoms with Crippen LogP contribution < -0.4 is 9.96 Å². The second-order valence-corrected chi connectivity index (χ2v) is 6.47. The van der Waals surface area contributed by atoms with E-state index in [4.69, 9.17) is 0 Å². The van der Waals surface area contributed by atoms with Crippen molar-refractivity contribution in [1.82, 2.24) is 4.90 Å². The summed E-state index contributed by atoms with van der Waals surface area (Å²) in [4.78, 5) is 15.5. The summed E-state index contributed by atoms with van der Waals surface area (Å²) in [6.45, 7) is 4.33. The van der Waals surface area contributed by atoms with Gasteiger partial charge in [-0.3, -0.25) is 4.79 Å². The van der Waals surface area contributed by atoms with E-state index in [0.717, 1.165) is 15.5 Å². The SMILES string of the molecule is CC(=O)N1CCN(c2ccc3c(c2)N([O-])c2ccccc2[N+]([O-])=C3)CC1. The van der Waals surface area contributed by atoms with Crippen LogP contribution in [-0.4, -0.2) is 47.9 Å². The molecule has 1 saturated heterocycles. The molecule has 2 heterocycles. The fourth-order valence-electron chi connectivity index (χ4n) is 3.44. The highest BCUT2D eigenvalue weighted by molar-refractivity contribution is 5.93. The van der Waals surface area contributed by atoms with Crippen molar-refractivity contribution in [2.45, 2.75) is 6.92 Å². The number of hydrogen-bond acceptors (Lipinski definition) is 5. The summed E-state index contributed by atoms with van der Waals surface area (Å²) in [6, 6.07) is 12.3. The molecule has 4 rings (SSSR count). The molecule has 0 unspecified atom stereocenters. The average Bonchev–Trinajstić information content (AvgIpc) is 2.77. The molecule has 2 aromatic rings. The van der Waals surface area contributed by atoms with E-state index in [9.17, 15) is 15.2 Å². The van der Waals surface area contributed by atoms with Crippen molar-refractivity contribution in [3.63, 3.8) is 0 Å². The number of piperazine rings is 1. The molecular formula is C19H19N4O3-. The smallest absolute Gasteiger partial charge is 0.239 e.